The van der Waals surface area contributed by atoms with Crippen molar-refractivity contribution < 1.29 is 9.90 Å². The Morgan fingerprint density at radius 1 is 1.52 bits per heavy atom. The van der Waals surface area contributed by atoms with E-state index in [9.17, 15) is 9.59 Å². The maximum Gasteiger partial charge on any atom is 0.339 e. The van der Waals surface area contributed by atoms with Gasteiger partial charge in [-0.2, -0.15) is 5.10 Å². The van der Waals surface area contributed by atoms with Gasteiger partial charge in [-0.3, -0.25) is 9.48 Å². The van der Waals surface area contributed by atoms with Gasteiger partial charge in [0, 0.05) is 24.6 Å². The van der Waals surface area contributed by atoms with Gasteiger partial charge in [-0.1, -0.05) is 25.1 Å². The van der Waals surface area contributed by atoms with Crippen molar-refractivity contribution in [3.05, 3.63) is 39.6 Å². The van der Waals surface area contributed by atoms with Gasteiger partial charge in [-0.25, -0.2) is 9.78 Å². The Labute approximate surface area is 125 Å². The zero-order valence-corrected chi connectivity index (χ0v) is 12.6. The number of carbonyl (C=O) groups is 1. The first kappa shape index (κ1) is 15.3. The van der Waals surface area contributed by atoms with Crippen LogP contribution in [-0.2, 0) is 19.2 Å². The molecule has 0 fully saturated rings. The topological polar surface area (TPSA) is 101 Å². The third kappa shape index (κ3) is 3.72. The van der Waals surface area contributed by atoms with Crippen molar-refractivity contribution in [1.82, 2.24) is 19.7 Å². The number of nitrogens with zero attached hydrogens (tertiary/aromatic N) is 3. The SMILES string of the molecule is CCCc1cc(=O)[nH]c(SCc2c(C(=O)O)cnn2C)n1. The van der Waals surface area contributed by atoms with E-state index in [1.807, 2.05) is 6.92 Å². The number of nitrogens with one attached hydrogen (secondary N) is 1. The molecule has 0 unspecified atom stereocenters. The smallest absolute Gasteiger partial charge is 0.339 e. The lowest BCUT2D eigenvalue weighted by molar-refractivity contribution is 0.0696. The van der Waals surface area contributed by atoms with Gasteiger partial charge < -0.3 is 10.1 Å². The molecule has 0 saturated carbocycles. The van der Waals surface area contributed by atoms with Crippen LogP contribution >= 0.6 is 11.8 Å². The molecular weight excluding hydrogens is 292 g/mol. The largest absolute Gasteiger partial charge is 0.478 e. The molecule has 7 nitrogen and oxygen atoms in total. The quantitative estimate of drug-likeness (QED) is 0.618. The predicted molar refractivity (Wildman–Crippen MR) is 78.6 cm³/mol. The molecular formula is C13H16N4O3S. The number of carboxylic acid groups (broad SMARTS) is 1. The highest BCUT2D eigenvalue weighted by Gasteiger charge is 2.15. The predicted octanol–water partition coefficient (Wildman–Crippen LogP) is 1.45. The van der Waals surface area contributed by atoms with Crippen LogP contribution in [-0.4, -0.2) is 30.8 Å². The summed E-state index contributed by atoms with van der Waals surface area (Å²) < 4.78 is 1.52. The normalized spacial score (nSPS) is 10.8. The highest BCUT2D eigenvalue weighted by atomic mass is 32.2. The third-order valence-electron chi connectivity index (χ3n) is 2.92. The van der Waals surface area contributed by atoms with Crippen LogP contribution in [0.1, 0.15) is 35.1 Å². The molecule has 0 radical (unpaired) electrons. The molecule has 2 heterocycles. The zero-order valence-electron chi connectivity index (χ0n) is 11.8. The summed E-state index contributed by atoms with van der Waals surface area (Å²) in [5.74, 6) is -0.642. The van der Waals surface area contributed by atoms with Crippen molar-refractivity contribution in [3.8, 4) is 0 Å². The number of hydrogen-bond acceptors (Lipinski definition) is 5. The average Bonchev–Trinajstić information content (AvgIpc) is 2.77. The van der Waals surface area contributed by atoms with Gasteiger partial charge in [0.05, 0.1) is 11.9 Å². The Morgan fingerprint density at radius 2 is 2.29 bits per heavy atom. The maximum absolute atomic E-state index is 11.6. The second-order valence-electron chi connectivity index (χ2n) is 4.51. The van der Waals surface area contributed by atoms with E-state index >= 15 is 0 Å². The summed E-state index contributed by atoms with van der Waals surface area (Å²) in [4.78, 5) is 29.7. The number of H-pyrrole nitrogens is 1. The van der Waals surface area contributed by atoms with E-state index in [4.69, 9.17) is 5.11 Å². The van der Waals surface area contributed by atoms with Gasteiger partial charge in [0.2, 0.25) is 0 Å². The fourth-order valence-electron chi connectivity index (χ4n) is 1.89. The standard InChI is InChI=1S/C13H16N4O3S/c1-3-4-8-5-11(18)16-13(15-8)21-7-10-9(12(19)20)6-14-17(10)2/h5-6H,3-4,7H2,1-2H3,(H,19,20)(H,15,16,18). The summed E-state index contributed by atoms with van der Waals surface area (Å²) in [6.45, 7) is 2.02. The third-order valence-corrected chi connectivity index (χ3v) is 3.80. The number of hydrogen-bond donors (Lipinski definition) is 2. The van der Waals surface area contributed by atoms with E-state index in [1.165, 1.54) is 28.7 Å². The molecule has 0 aromatic carbocycles. The number of rotatable bonds is 6. The van der Waals surface area contributed by atoms with Gasteiger partial charge in [-0.05, 0) is 6.42 Å². The van der Waals surface area contributed by atoms with Crippen molar-refractivity contribution in [2.75, 3.05) is 0 Å². The molecule has 2 aromatic rings. The first-order chi connectivity index (χ1) is 10.0. The summed E-state index contributed by atoms with van der Waals surface area (Å²) in [6.07, 6.45) is 2.97. The highest BCUT2D eigenvalue weighted by Crippen LogP contribution is 2.21. The molecule has 0 aliphatic heterocycles. The van der Waals surface area contributed by atoms with Crippen LogP contribution in [0, 0.1) is 0 Å². The Bertz CT molecular complexity index is 708. The summed E-state index contributed by atoms with van der Waals surface area (Å²) >= 11 is 1.29. The van der Waals surface area contributed by atoms with Crippen LogP contribution in [0.3, 0.4) is 0 Å². The van der Waals surface area contributed by atoms with Crippen LogP contribution < -0.4 is 5.56 Å². The van der Waals surface area contributed by atoms with Crippen LogP contribution in [0.2, 0.25) is 0 Å². The summed E-state index contributed by atoms with van der Waals surface area (Å²) in [5, 5.41) is 13.5. The molecule has 0 atom stereocenters. The van der Waals surface area contributed by atoms with E-state index in [-0.39, 0.29) is 11.1 Å². The minimum absolute atomic E-state index is 0.164. The fourth-order valence-corrected chi connectivity index (χ4v) is 2.86. The minimum atomic E-state index is -1.01. The van der Waals surface area contributed by atoms with Crippen molar-refractivity contribution in [2.45, 2.75) is 30.7 Å². The van der Waals surface area contributed by atoms with Crippen molar-refractivity contribution in [1.29, 1.82) is 0 Å². The first-order valence-electron chi connectivity index (χ1n) is 6.48. The van der Waals surface area contributed by atoms with E-state index in [1.54, 1.807) is 7.05 Å². The van der Waals surface area contributed by atoms with Crippen molar-refractivity contribution in [2.24, 2.45) is 7.05 Å². The fraction of sp³-hybridized carbons (Fsp3) is 0.385. The first-order valence-corrected chi connectivity index (χ1v) is 7.47. The molecule has 0 aliphatic rings. The van der Waals surface area contributed by atoms with Crippen molar-refractivity contribution in [3.63, 3.8) is 0 Å². The van der Waals surface area contributed by atoms with Crippen LogP contribution in [0.25, 0.3) is 0 Å². The lowest BCUT2D eigenvalue weighted by Gasteiger charge is -2.05. The highest BCUT2D eigenvalue weighted by molar-refractivity contribution is 7.98. The summed E-state index contributed by atoms with van der Waals surface area (Å²) in [5.41, 5.74) is 1.29. The number of aromatic amines is 1. The van der Waals surface area contributed by atoms with Crippen LogP contribution in [0.4, 0.5) is 0 Å². The van der Waals surface area contributed by atoms with Crippen molar-refractivity contribution >= 4 is 17.7 Å². The van der Waals surface area contributed by atoms with Gasteiger partial charge in [-0.15, -0.1) is 0 Å². The molecule has 0 bridgehead atoms. The molecule has 2 aromatic heterocycles. The van der Waals surface area contributed by atoms with E-state index < -0.39 is 5.97 Å². The second kappa shape index (κ2) is 6.57. The molecule has 112 valence electrons. The zero-order chi connectivity index (χ0) is 15.4. The average molecular weight is 308 g/mol. The Balaban J connectivity index is 2.18. The molecule has 8 heteroatoms. The monoisotopic (exact) mass is 308 g/mol. The molecule has 0 saturated heterocycles. The molecule has 2 N–H and O–H groups in total. The number of aryl methyl sites for hydroxylation is 2. The molecule has 0 spiro atoms. The van der Waals surface area contributed by atoms with Gasteiger partial charge in [0.1, 0.15) is 5.56 Å². The Hall–Kier alpha value is -2.09. The Morgan fingerprint density at radius 3 is 2.95 bits per heavy atom. The molecule has 2 rings (SSSR count). The molecule has 0 aliphatic carbocycles. The van der Waals surface area contributed by atoms with E-state index in [2.05, 4.69) is 15.1 Å². The van der Waals surface area contributed by atoms with Gasteiger partial charge in [0.25, 0.3) is 5.56 Å². The molecule has 21 heavy (non-hydrogen) atoms. The summed E-state index contributed by atoms with van der Waals surface area (Å²) in [6, 6.07) is 1.49. The number of aromatic carboxylic acids is 1. The van der Waals surface area contributed by atoms with E-state index in [0.29, 0.717) is 16.6 Å². The van der Waals surface area contributed by atoms with Crippen LogP contribution in [0.15, 0.2) is 22.2 Å². The number of carboxylic acids is 1. The minimum Gasteiger partial charge on any atom is -0.478 e. The second-order valence-corrected chi connectivity index (χ2v) is 5.48. The van der Waals surface area contributed by atoms with E-state index in [0.717, 1.165) is 18.5 Å². The summed E-state index contributed by atoms with van der Waals surface area (Å²) in [7, 11) is 1.69. The van der Waals surface area contributed by atoms with Gasteiger partial charge >= 0.3 is 5.97 Å². The lowest BCUT2D eigenvalue weighted by Crippen LogP contribution is -2.10. The number of aromatic nitrogens is 4. The molecule has 0 amide bonds. The maximum atomic E-state index is 11.6. The van der Waals surface area contributed by atoms with Gasteiger partial charge in [0.15, 0.2) is 5.16 Å². The number of thioether (sulfide) groups is 1. The van der Waals surface area contributed by atoms with Crippen LogP contribution in [0.5, 0.6) is 0 Å². The lowest BCUT2D eigenvalue weighted by atomic mass is 10.2. The Kier molecular flexibility index (Phi) is 4.79.